The molecule has 2 aromatic rings. The lowest BCUT2D eigenvalue weighted by Gasteiger charge is -2.34. The zero-order valence-electron chi connectivity index (χ0n) is 18.6. The molecule has 32 heavy (non-hydrogen) atoms. The summed E-state index contributed by atoms with van der Waals surface area (Å²) in [5.74, 6) is -0.0524. The zero-order valence-corrected chi connectivity index (χ0v) is 18.6. The van der Waals surface area contributed by atoms with Gasteiger partial charge in [0.15, 0.2) is 0 Å². The third-order valence-corrected chi connectivity index (χ3v) is 5.26. The van der Waals surface area contributed by atoms with Gasteiger partial charge in [-0.3, -0.25) is 14.4 Å². The lowest BCUT2D eigenvalue weighted by Crippen LogP contribution is -2.57. The molecule has 0 aliphatic carbocycles. The van der Waals surface area contributed by atoms with Gasteiger partial charge in [-0.1, -0.05) is 44.2 Å². The average Bonchev–Trinajstić information content (AvgIpc) is 2.79. The SMILES string of the molecule is CC(C)CCOC(=O)CC1C(=O)NCCN1C(=O)c1ccc(OCc2ccccc2)cc1. The third-order valence-electron chi connectivity index (χ3n) is 5.26. The molecule has 0 spiro atoms. The Balaban J connectivity index is 1.60. The molecular weight excluding hydrogens is 408 g/mol. The summed E-state index contributed by atoms with van der Waals surface area (Å²) in [7, 11) is 0. The van der Waals surface area contributed by atoms with Gasteiger partial charge in [0.1, 0.15) is 18.4 Å². The number of nitrogens with one attached hydrogen (secondary N) is 1. The Hall–Kier alpha value is -3.35. The molecule has 0 aromatic heterocycles. The molecule has 1 unspecified atom stereocenters. The molecule has 2 amide bonds. The van der Waals surface area contributed by atoms with Crippen molar-refractivity contribution in [1.29, 1.82) is 0 Å². The van der Waals surface area contributed by atoms with E-state index in [4.69, 9.17) is 9.47 Å². The van der Waals surface area contributed by atoms with Crippen molar-refractivity contribution in [3.05, 3.63) is 65.7 Å². The summed E-state index contributed by atoms with van der Waals surface area (Å²) in [6.45, 7) is 5.51. The molecular formula is C25H30N2O5. The van der Waals surface area contributed by atoms with Crippen LogP contribution < -0.4 is 10.1 Å². The Labute approximate surface area is 188 Å². The van der Waals surface area contributed by atoms with Crippen molar-refractivity contribution < 1.29 is 23.9 Å². The van der Waals surface area contributed by atoms with E-state index in [-0.39, 0.29) is 18.2 Å². The zero-order chi connectivity index (χ0) is 22.9. The fourth-order valence-electron chi connectivity index (χ4n) is 3.39. The lowest BCUT2D eigenvalue weighted by atomic mass is 10.1. The first-order chi connectivity index (χ1) is 15.4. The fourth-order valence-corrected chi connectivity index (χ4v) is 3.39. The van der Waals surface area contributed by atoms with Gasteiger partial charge in [0.25, 0.3) is 5.91 Å². The third kappa shape index (κ3) is 6.57. The highest BCUT2D eigenvalue weighted by atomic mass is 16.5. The second-order valence-corrected chi connectivity index (χ2v) is 8.21. The Morgan fingerprint density at radius 2 is 1.81 bits per heavy atom. The molecule has 2 aromatic carbocycles. The van der Waals surface area contributed by atoms with Crippen molar-refractivity contribution in [3.8, 4) is 5.75 Å². The molecule has 1 aliphatic heterocycles. The topological polar surface area (TPSA) is 84.9 Å². The summed E-state index contributed by atoms with van der Waals surface area (Å²) in [5.41, 5.74) is 1.49. The first-order valence-corrected chi connectivity index (χ1v) is 10.9. The van der Waals surface area contributed by atoms with Gasteiger partial charge in [0.2, 0.25) is 5.91 Å². The van der Waals surface area contributed by atoms with E-state index in [9.17, 15) is 14.4 Å². The summed E-state index contributed by atoms with van der Waals surface area (Å²) in [6.07, 6.45) is 0.595. The van der Waals surface area contributed by atoms with Crippen molar-refractivity contribution in [2.24, 2.45) is 5.92 Å². The van der Waals surface area contributed by atoms with E-state index >= 15 is 0 Å². The number of esters is 1. The van der Waals surface area contributed by atoms with Crippen LogP contribution in [0.2, 0.25) is 0 Å². The minimum absolute atomic E-state index is 0.159. The van der Waals surface area contributed by atoms with Gasteiger partial charge in [-0.05, 0) is 42.2 Å². The Bertz CT molecular complexity index is 912. The van der Waals surface area contributed by atoms with Crippen molar-refractivity contribution >= 4 is 17.8 Å². The van der Waals surface area contributed by atoms with Crippen LogP contribution in [0.1, 0.15) is 42.6 Å². The molecule has 0 saturated carbocycles. The normalized spacial score (nSPS) is 15.9. The molecule has 0 radical (unpaired) electrons. The predicted molar refractivity (Wildman–Crippen MR) is 120 cm³/mol. The van der Waals surface area contributed by atoms with Gasteiger partial charge in [-0.2, -0.15) is 0 Å². The van der Waals surface area contributed by atoms with E-state index in [1.54, 1.807) is 24.3 Å². The van der Waals surface area contributed by atoms with Gasteiger partial charge in [-0.25, -0.2) is 0 Å². The first kappa shape index (κ1) is 23.3. The van der Waals surface area contributed by atoms with Crippen molar-refractivity contribution in [2.75, 3.05) is 19.7 Å². The number of hydrogen-bond donors (Lipinski definition) is 1. The van der Waals surface area contributed by atoms with Gasteiger partial charge in [0, 0.05) is 18.7 Å². The van der Waals surface area contributed by atoms with Crippen LogP contribution in [0.5, 0.6) is 5.75 Å². The van der Waals surface area contributed by atoms with Crippen LogP contribution in [-0.4, -0.2) is 48.4 Å². The number of ether oxygens (including phenoxy) is 2. The molecule has 1 N–H and O–H groups in total. The van der Waals surface area contributed by atoms with Crippen LogP contribution in [0.3, 0.4) is 0 Å². The van der Waals surface area contributed by atoms with Gasteiger partial charge in [-0.15, -0.1) is 0 Å². The molecule has 1 heterocycles. The molecule has 170 valence electrons. The maximum absolute atomic E-state index is 13.1. The minimum Gasteiger partial charge on any atom is -0.489 e. The maximum atomic E-state index is 13.1. The molecule has 1 atom stereocenters. The number of nitrogens with zero attached hydrogens (tertiary/aromatic N) is 1. The molecule has 3 rings (SSSR count). The van der Waals surface area contributed by atoms with E-state index in [0.29, 0.717) is 43.5 Å². The summed E-state index contributed by atoms with van der Waals surface area (Å²) in [5, 5.41) is 2.73. The number of hydrogen-bond acceptors (Lipinski definition) is 5. The average molecular weight is 439 g/mol. The van der Waals surface area contributed by atoms with E-state index < -0.39 is 12.0 Å². The maximum Gasteiger partial charge on any atom is 0.308 e. The molecule has 1 aliphatic rings. The van der Waals surface area contributed by atoms with Crippen molar-refractivity contribution in [3.63, 3.8) is 0 Å². The molecule has 7 nitrogen and oxygen atoms in total. The largest absolute Gasteiger partial charge is 0.489 e. The van der Waals surface area contributed by atoms with Crippen LogP contribution in [0.15, 0.2) is 54.6 Å². The number of piperazine rings is 1. The van der Waals surface area contributed by atoms with Crippen LogP contribution >= 0.6 is 0 Å². The quantitative estimate of drug-likeness (QED) is 0.608. The highest BCUT2D eigenvalue weighted by Gasteiger charge is 2.35. The van der Waals surface area contributed by atoms with Crippen molar-refractivity contribution in [1.82, 2.24) is 10.2 Å². The van der Waals surface area contributed by atoms with Crippen molar-refractivity contribution in [2.45, 2.75) is 39.3 Å². The van der Waals surface area contributed by atoms with Crippen LogP contribution in [-0.2, 0) is 20.9 Å². The van der Waals surface area contributed by atoms with E-state index in [0.717, 1.165) is 12.0 Å². The van der Waals surface area contributed by atoms with Crippen LogP contribution in [0, 0.1) is 5.92 Å². The van der Waals surface area contributed by atoms with Crippen LogP contribution in [0.4, 0.5) is 0 Å². The number of amides is 2. The predicted octanol–water partition coefficient (Wildman–Crippen LogP) is 3.19. The summed E-state index contributed by atoms with van der Waals surface area (Å²) < 4.78 is 11.0. The monoisotopic (exact) mass is 438 g/mol. The van der Waals surface area contributed by atoms with Gasteiger partial charge < -0.3 is 19.7 Å². The molecule has 1 saturated heterocycles. The second-order valence-electron chi connectivity index (χ2n) is 8.21. The number of benzene rings is 2. The Kier molecular flexibility index (Phi) is 8.25. The molecule has 7 heteroatoms. The molecule has 0 bridgehead atoms. The summed E-state index contributed by atoms with van der Waals surface area (Å²) >= 11 is 0. The Morgan fingerprint density at radius 1 is 1.09 bits per heavy atom. The van der Waals surface area contributed by atoms with Gasteiger partial charge >= 0.3 is 5.97 Å². The Morgan fingerprint density at radius 3 is 2.50 bits per heavy atom. The fraction of sp³-hybridized carbons (Fsp3) is 0.400. The minimum atomic E-state index is -0.878. The number of carbonyl (C=O) groups is 3. The van der Waals surface area contributed by atoms with E-state index in [1.165, 1.54) is 4.90 Å². The van der Waals surface area contributed by atoms with E-state index in [2.05, 4.69) is 5.32 Å². The molecule has 1 fully saturated rings. The second kappa shape index (κ2) is 11.3. The highest BCUT2D eigenvalue weighted by Crippen LogP contribution is 2.19. The lowest BCUT2D eigenvalue weighted by molar-refractivity contribution is -0.148. The highest BCUT2D eigenvalue weighted by molar-refractivity contribution is 5.99. The first-order valence-electron chi connectivity index (χ1n) is 10.9. The van der Waals surface area contributed by atoms with Gasteiger partial charge in [0.05, 0.1) is 13.0 Å². The summed E-state index contributed by atoms with van der Waals surface area (Å²) in [6, 6.07) is 15.7. The number of carbonyl (C=O) groups excluding carboxylic acids is 3. The smallest absolute Gasteiger partial charge is 0.308 e. The van der Waals surface area contributed by atoms with E-state index in [1.807, 2.05) is 44.2 Å². The standard InChI is InChI=1S/C25H30N2O5/c1-18(2)12-15-31-23(28)16-22-24(29)26-13-14-27(22)25(30)20-8-10-21(11-9-20)32-17-19-6-4-3-5-7-19/h3-11,18,22H,12-17H2,1-2H3,(H,26,29). The van der Waals surface area contributed by atoms with Crippen LogP contribution in [0.25, 0.3) is 0 Å². The number of rotatable bonds is 9. The summed E-state index contributed by atoms with van der Waals surface area (Å²) in [4.78, 5) is 39.2.